The first kappa shape index (κ1) is 19.0. The Bertz CT molecular complexity index is 1060. The summed E-state index contributed by atoms with van der Waals surface area (Å²) in [5.74, 6) is 0.850. The summed E-state index contributed by atoms with van der Waals surface area (Å²) in [6.45, 7) is 6.07. The zero-order valence-electron chi connectivity index (χ0n) is 17.0. The molecule has 0 radical (unpaired) electrons. The summed E-state index contributed by atoms with van der Waals surface area (Å²) < 4.78 is 6.26. The summed E-state index contributed by atoms with van der Waals surface area (Å²) in [6.07, 6.45) is 5.78. The standard InChI is InChI=1S/C26H26N2O2/c1-2-18-17-28-15-13-20(18)16-24(28)25(30-26(29)19-8-4-3-5-9-19)22-12-14-27-23-11-7-6-10-21(22)23/h2-12,14,18,20,24-25H,1,13,15-17H2/t18-,20-,24-,25+/m0/s1. The van der Waals surface area contributed by atoms with Gasteiger partial charge in [0.1, 0.15) is 6.10 Å². The molecule has 0 N–H and O–H groups in total. The largest absolute Gasteiger partial charge is 0.452 e. The third-order valence-electron chi connectivity index (χ3n) is 6.74. The summed E-state index contributed by atoms with van der Waals surface area (Å²) in [5.41, 5.74) is 2.55. The molecule has 0 amide bonds. The molecule has 6 rings (SSSR count). The maximum Gasteiger partial charge on any atom is 0.338 e. The Balaban J connectivity index is 1.54. The van der Waals surface area contributed by atoms with Gasteiger partial charge in [-0.3, -0.25) is 9.88 Å². The Kier molecular flexibility index (Phi) is 5.09. The molecular formula is C26H26N2O2. The molecular weight excluding hydrogens is 372 g/mol. The third kappa shape index (κ3) is 3.41. The average molecular weight is 399 g/mol. The fraction of sp³-hybridized carbons (Fsp3) is 0.308. The van der Waals surface area contributed by atoms with Crippen molar-refractivity contribution in [3.63, 3.8) is 0 Å². The van der Waals surface area contributed by atoms with Crippen molar-refractivity contribution < 1.29 is 9.53 Å². The SMILES string of the molecule is C=C[C@H]1CN2CC[C@H]1C[C@H]2[C@H](OC(=O)c1ccccc1)c1ccnc2ccccc12. The third-order valence-corrected chi connectivity index (χ3v) is 6.74. The van der Waals surface area contributed by atoms with E-state index in [-0.39, 0.29) is 18.1 Å². The topological polar surface area (TPSA) is 42.4 Å². The quantitative estimate of drug-likeness (QED) is 0.447. The number of pyridine rings is 1. The molecule has 3 aromatic rings. The lowest BCUT2D eigenvalue weighted by Gasteiger charge is -2.51. The van der Waals surface area contributed by atoms with E-state index >= 15 is 0 Å². The van der Waals surface area contributed by atoms with Gasteiger partial charge in [0.25, 0.3) is 0 Å². The van der Waals surface area contributed by atoms with Gasteiger partial charge >= 0.3 is 5.97 Å². The van der Waals surface area contributed by atoms with E-state index in [0.717, 1.165) is 36.0 Å². The van der Waals surface area contributed by atoms with Gasteiger partial charge in [0.05, 0.1) is 17.1 Å². The number of ether oxygens (including phenoxy) is 1. The van der Waals surface area contributed by atoms with Crippen LogP contribution in [0.25, 0.3) is 10.9 Å². The molecule has 4 nitrogen and oxygen atoms in total. The second-order valence-corrected chi connectivity index (χ2v) is 8.36. The van der Waals surface area contributed by atoms with Crippen molar-refractivity contribution in [2.75, 3.05) is 13.1 Å². The zero-order valence-corrected chi connectivity index (χ0v) is 17.0. The lowest BCUT2D eigenvalue weighted by atomic mass is 9.73. The van der Waals surface area contributed by atoms with Gasteiger partial charge in [-0.2, -0.15) is 0 Å². The minimum absolute atomic E-state index is 0.165. The Morgan fingerprint density at radius 2 is 1.93 bits per heavy atom. The minimum Gasteiger partial charge on any atom is -0.452 e. The van der Waals surface area contributed by atoms with Crippen molar-refractivity contribution in [3.05, 3.63) is 90.6 Å². The molecule has 0 aliphatic carbocycles. The number of carbonyl (C=O) groups is 1. The molecule has 3 saturated heterocycles. The Labute approximate surface area is 177 Å². The van der Waals surface area contributed by atoms with Gasteiger partial charge in [-0.1, -0.05) is 42.5 Å². The van der Waals surface area contributed by atoms with Crippen LogP contribution in [-0.2, 0) is 4.74 Å². The highest BCUT2D eigenvalue weighted by atomic mass is 16.5. The number of piperidine rings is 3. The van der Waals surface area contributed by atoms with Crippen LogP contribution in [0.1, 0.15) is 34.9 Å². The predicted octanol–water partition coefficient (Wildman–Crippen LogP) is 5.03. The van der Waals surface area contributed by atoms with Crippen LogP contribution in [0.4, 0.5) is 0 Å². The number of rotatable bonds is 5. The molecule has 5 atom stereocenters. The highest BCUT2D eigenvalue weighted by molar-refractivity contribution is 5.90. The van der Waals surface area contributed by atoms with Gasteiger partial charge in [0.15, 0.2) is 0 Å². The van der Waals surface area contributed by atoms with Crippen LogP contribution < -0.4 is 0 Å². The fourth-order valence-electron chi connectivity index (χ4n) is 5.17. The Morgan fingerprint density at radius 1 is 1.13 bits per heavy atom. The fourth-order valence-corrected chi connectivity index (χ4v) is 5.17. The van der Waals surface area contributed by atoms with Gasteiger partial charge in [-0.25, -0.2) is 4.79 Å². The number of hydrogen-bond donors (Lipinski definition) is 0. The number of para-hydroxylation sites is 1. The second-order valence-electron chi connectivity index (χ2n) is 8.36. The highest BCUT2D eigenvalue weighted by Gasteiger charge is 2.44. The first-order chi connectivity index (χ1) is 14.7. The molecule has 30 heavy (non-hydrogen) atoms. The molecule has 3 fully saturated rings. The van der Waals surface area contributed by atoms with Crippen LogP contribution in [0.2, 0.25) is 0 Å². The Morgan fingerprint density at radius 3 is 2.70 bits per heavy atom. The van der Waals surface area contributed by atoms with Crippen LogP contribution in [0.15, 0.2) is 79.5 Å². The maximum atomic E-state index is 13.1. The van der Waals surface area contributed by atoms with Crippen LogP contribution >= 0.6 is 0 Å². The van der Waals surface area contributed by atoms with Crippen molar-refractivity contribution >= 4 is 16.9 Å². The van der Waals surface area contributed by atoms with E-state index in [1.54, 1.807) is 0 Å². The van der Waals surface area contributed by atoms with Crippen molar-refractivity contribution in [1.82, 2.24) is 9.88 Å². The summed E-state index contributed by atoms with van der Waals surface area (Å²) in [5, 5.41) is 1.05. The van der Waals surface area contributed by atoms with Crippen LogP contribution in [0.5, 0.6) is 0 Å². The zero-order chi connectivity index (χ0) is 20.5. The van der Waals surface area contributed by atoms with Crippen molar-refractivity contribution in [3.8, 4) is 0 Å². The van der Waals surface area contributed by atoms with Crippen molar-refractivity contribution in [1.29, 1.82) is 0 Å². The van der Waals surface area contributed by atoms with E-state index in [4.69, 9.17) is 4.74 Å². The molecule has 1 unspecified atom stereocenters. The lowest BCUT2D eigenvalue weighted by Crippen LogP contribution is -2.55. The number of esters is 1. The average Bonchev–Trinajstić information content (AvgIpc) is 2.83. The molecule has 4 heteroatoms. The van der Waals surface area contributed by atoms with Crippen LogP contribution in [0.3, 0.4) is 0 Å². The van der Waals surface area contributed by atoms with Crippen LogP contribution in [-0.4, -0.2) is 35.0 Å². The molecule has 2 bridgehead atoms. The molecule has 0 saturated carbocycles. The summed E-state index contributed by atoms with van der Waals surface area (Å²) in [7, 11) is 0. The lowest BCUT2D eigenvalue weighted by molar-refractivity contribution is -0.0568. The minimum atomic E-state index is -0.334. The summed E-state index contributed by atoms with van der Waals surface area (Å²) in [4.78, 5) is 20.1. The van der Waals surface area contributed by atoms with Gasteiger partial charge in [-0.05, 0) is 55.5 Å². The molecule has 3 aliphatic rings. The number of hydrogen-bond acceptors (Lipinski definition) is 4. The normalized spacial score (nSPS) is 26.3. The Hall–Kier alpha value is -2.98. The van der Waals surface area contributed by atoms with E-state index < -0.39 is 0 Å². The maximum absolute atomic E-state index is 13.1. The van der Waals surface area contributed by atoms with Crippen molar-refractivity contribution in [2.45, 2.75) is 25.0 Å². The van der Waals surface area contributed by atoms with E-state index in [9.17, 15) is 4.79 Å². The monoisotopic (exact) mass is 398 g/mol. The van der Waals surface area contributed by atoms with E-state index in [0.29, 0.717) is 17.4 Å². The summed E-state index contributed by atoms with van der Waals surface area (Å²) >= 11 is 0. The molecule has 0 spiro atoms. The number of fused-ring (bicyclic) bond motifs is 4. The van der Waals surface area contributed by atoms with Crippen molar-refractivity contribution in [2.24, 2.45) is 11.8 Å². The van der Waals surface area contributed by atoms with Gasteiger partial charge in [0.2, 0.25) is 0 Å². The molecule has 1 aromatic heterocycles. The number of carbonyl (C=O) groups excluding carboxylic acids is 1. The first-order valence-electron chi connectivity index (χ1n) is 10.7. The molecule has 4 heterocycles. The van der Waals surface area contributed by atoms with E-state index in [1.807, 2.05) is 60.8 Å². The predicted molar refractivity (Wildman–Crippen MR) is 118 cm³/mol. The van der Waals surface area contributed by atoms with Gasteiger partial charge in [-0.15, -0.1) is 6.58 Å². The number of benzene rings is 2. The molecule has 2 aromatic carbocycles. The number of nitrogens with zero attached hydrogens (tertiary/aromatic N) is 2. The second kappa shape index (κ2) is 8.04. The summed E-state index contributed by atoms with van der Waals surface area (Å²) in [6, 6.07) is 19.5. The molecule has 3 aliphatic heterocycles. The van der Waals surface area contributed by atoms with E-state index in [1.165, 1.54) is 6.42 Å². The first-order valence-corrected chi connectivity index (χ1v) is 10.7. The smallest absolute Gasteiger partial charge is 0.338 e. The van der Waals surface area contributed by atoms with Gasteiger partial charge in [0, 0.05) is 23.7 Å². The highest BCUT2D eigenvalue weighted by Crippen LogP contribution is 2.43. The van der Waals surface area contributed by atoms with Crippen LogP contribution in [0, 0.1) is 11.8 Å². The van der Waals surface area contributed by atoms with Gasteiger partial charge < -0.3 is 4.74 Å². The van der Waals surface area contributed by atoms with E-state index in [2.05, 4.69) is 28.6 Å². The molecule has 152 valence electrons. The number of aromatic nitrogens is 1.